The summed E-state index contributed by atoms with van der Waals surface area (Å²) in [4.78, 5) is 15.1. The molecule has 1 saturated heterocycles. The van der Waals surface area contributed by atoms with Gasteiger partial charge in [-0.05, 0) is 0 Å². The van der Waals surface area contributed by atoms with E-state index in [-0.39, 0.29) is 30.0 Å². The number of hydrogen-bond donors (Lipinski definition) is 3. The first kappa shape index (κ1) is 12.3. The van der Waals surface area contributed by atoms with Crippen molar-refractivity contribution in [3.8, 4) is 0 Å². The molecule has 2 heterocycles. The van der Waals surface area contributed by atoms with Gasteiger partial charge in [-0.1, -0.05) is 11.6 Å². The molecule has 7 nitrogen and oxygen atoms in total. The fourth-order valence-corrected chi connectivity index (χ4v) is 1.92. The van der Waals surface area contributed by atoms with Crippen molar-refractivity contribution in [3.05, 3.63) is 21.7 Å². The fraction of sp³-hybridized carbons (Fsp3) is 0.556. The second-order valence-electron chi connectivity index (χ2n) is 3.76. The van der Waals surface area contributed by atoms with Gasteiger partial charge in [0.1, 0.15) is 12.0 Å². The predicted octanol–water partition coefficient (Wildman–Crippen LogP) is -1.02. The van der Waals surface area contributed by atoms with Gasteiger partial charge >= 0.3 is 5.69 Å². The highest BCUT2D eigenvalue weighted by molar-refractivity contribution is 6.32. The first-order chi connectivity index (χ1) is 8.08. The maximum absolute atomic E-state index is 11.6. The van der Waals surface area contributed by atoms with Crippen LogP contribution in [0.25, 0.3) is 0 Å². The molecule has 0 unspecified atom stereocenters. The van der Waals surface area contributed by atoms with Crippen LogP contribution >= 0.6 is 11.6 Å². The highest BCUT2D eigenvalue weighted by Gasteiger charge is 2.43. The van der Waals surface area contributed by atoms with Crippen LogP contribution in [-0.2, 0) is 4.74 Å². The van der Waals surface area contributed by atoms with Crippen LogP contribution in [-0.4, -0.2) is 39.1 Å². The molecule has 0 bridgehead atoms. The minimum absolute atomic E-state index is 0.0495. The van der Waals surface area contributed by atoms with Crippen LogP contribution in [0.3, 0.4) is 0 Å². The molecular weight excluding hydrogens is 250 g/mol. The van der Waals surface area contributed by atoms with Crippen LogP contribution < -0.4 is 11.4 Å². The van der Waals surface area contributed by atoms with Gasteiger partial charge in [0, 0.05) is 6.20 Å². The third-order valence-corrected chi connectivity index (χ3v) is 3.05. The highest BCUT2D eigenvalue weighted by Crippen LogP contribution is 2.36. The van der Waals surface area contributed by atoms with Crippen molar-refractivity contribution < 1.29 is 14.9 Å². The molecule has 17 heavy (non-hydrogen) atoms. The number of aliphatic hydroxyl groups excluding tert-OH is 2. The van der Waals surface area contributed by atoms with Crippen LogP contribution in [0.15, 0.2) is 11.0 Å². The second kappa shape index (κ2) is 4.61. The number of nitrogens with zero attached hydrogens (tertiary/aromatic N) is 2. The Kier molecular flexibility index (Phi) is 3.34. The van der Waals surface area contributed by atoms with E-state index in [1.165, 1.54) is 6.20 Å². The maximum Gasteiger partial charge on any atom is 0.351 e. The van der Waals surface area contributed by atoms with Gasteiger partial charge in [-0.25, -0.2) is 4.79 Å². The van der Waals surface area contributed by atoms with Gasteiger partial charge in [-0.15, -0.1) is 0 Å². The molecule has 0 amide bonds. The van der Waals surface area contributed by atoms with Crippen LogP contribution in [0.5, 0.6) is 0 Å². The third kappa shape index (κ3) is 2.02. The lowest BCUT2D eigenvalue weighted by Crippen LogP contribution is -2.52. The van der Waals surface area contributed by atoms with E-state index in [9.17, 15) is 4.79 Å². The lowest BCUT2D eigenvalue weighted by molar-refractivity contribution is -0.246. The topological polar surface area (TPSA) is 111 Å². The van der Waals surface area contributed by atoms with Gasteiger partial charge in [0.05, 0.1) is 30.3 Å². The molecule has 1 fully saturated rings. The van der Waals surface area contributed by atoms with Gasteiger partial charge in [0.25, 0.3) is 0 Å². The molecule has 0 saturated carbocycles. The number of hydrogen-bond acceptors (Lipinski definition) is 6. The Morgan fingerprint density at radius 2 is 2.24 bits per heavy atom. The molecule has 1 aromatic heterocycles. The summed E-state index contributed by atoms with van der Waals surface area (Å²) in [6.07, 6.45) is 0.163. The second-order valence-corrected chi connectivity index (χ2v) is 4.17. The van der Waals surface area contributed by atoms with Gasteiger partial charge in [-0.2, -0.15) is 4.98 Å². The standard InChI is InChI=1S/C9H12ClN3O4/c10-5-1-13(9(16)12-7(5)11)8-4(2-14)6(3-15)17-8/h1,4,6,8,14-15H,2-3H2,(H2,11,12,16)/t4-,6-,8-/m1/s1. The molecule has 0 spiro atoms. The van der Waals surface area contributed by atoms with E-state index in [2.05, 4.69) is 4.98 Å². The Morgan fingerprint density at radius 1 is 1.53 bits per heavy atom. The van der Waals surface area contributed by atoms with E-state index in [4.69, 9.17) is 32.3 Å². The number of aromatic nitrogens is 2. The minimum atomic E-state index is -0.671. The van der Waals surface area contributed by atoms with Crippen molar-refractivity contribution in [1.82, 2.24) is 9.55 Å². The predicted molar refractivity (Wildman–Crippen MR) is 59.5 cm³/mol. The molecule has 0 aliphatic carbocycles. The van der Waals surface area contributed by atoms with E-state index >= 15 is 0 Å². The maximum atomic E-state index is 11.6. The van der Waals surface area contributed by atoms with Crippen LogP contribution in [0.1, 0.15) is 6.23 Å². The first-order valence-corrected chi connectivity index (χ1v) is 5.37. The van der Waals surface area contributed by atoms with Crippen molar-refractivity contribution in [1.29, 1.82) is 0 Å². The molecule has 94 valence electrons. The zero-order chi connectivity index (χ0) is 12.6. The average molecular weight is 262 g/mol. The van der Waals surface area contributed by atoms with E-state index in [0.717, 1.165) is 4.57 Å². The molecule has 8 heteroatoms. The van der Waals surface area contributed by atoms with E-state index in [1.807, 2.05) is 0 Å². The average Bonchev–Trinajstić information content (AvgIpc) is 2.25. The first-order valence-electron chi connectivity index (χ1n) is 4.99. The number of ether oxygens (including phenoxy) is 1. The molecular formula is C9H12ClN3O4. The number of rotatable bonds is 3. The molecule has 1 aromatic rings. The van der Waals surface area contributed by atoms with Crippen molar-refractivity contribution in [2.45, 2.75) is 12.3 Å². The SMILES string of the molecule is Nc1nc(=O)n([C@@H]2O[C@H](CO)[C@H]2CO)cc1Cl. The van der Waals surface area contributed by atoms with E-state index < -0.39 is 18.0 Å². The normalized spacial score (nSPS) is 27.8. The smallest absolute Gasteiger partial charge is 0.351 e. The summed E-state index contributed by atoms with van der Waals surface area (Å²) in [5.74, 6) is -0.411. The Bertz CT molecular complexity index is 478. The van der Waals surface area contributed by atoms with Crippen molar-refractivity contribution in [2.75, 3.05) is 18.9 Å². The molecule has 1 aliphatic rings. The minimum Gasteiger partial charge on any atom is -0.396 e. The zero-order valence-corrected chi connectivity index (χ0v) is 9.54. The van der Waals surface area contributed by atoms with Crippen LogP contribution in [0.4, 0.5) is 5.82 Å². The van der Waals surface area contributed by atoms with Gasteiger partial charge < -0.3 is 20.7 Å². The number of nitrogen functional groups attached to an aromatic ring is 1. The summed E-state index contributed by atoms with van der Waals surface area (Å²) in [5, 5.41) is 18.2. The molecule has 1 aliphatic heterocycles. The van der Waals surface area contributed by atoms with E-state index in [0.29, 0.717) is 0 Å². The number of anilines is 1. The van der Waals surface area contributed by atoms with Crippen LogP contribution in [0, 0.1) is 5.92 Å². The Balaban J connectivity index is 2.30. The van der Waals surface area contributed by atoms with Gasteiger partial charge in [-0.3, -0.25) is 4.57 Å². The van der Waals surface area contributed by atoms with Crippen molar-refractivity contribution in [3.63, 3.8) is 0 Å². The Hall–Kier alpha value is -1.15. The summed E-state index contributed by atoms with van der Waals surface area (Å²) in [6.45, 7) is -0.420. The van der Waals surface area contributed by atoms with Gasteiger partial charge in [0.15, 0.2) is 0 Å². The lowest BCUT2D eigenvalue weighted by Gasteiger charge is -2.43. The Labute approximate surface area is 101 Å². The summed E-state index contributed by atoms with van der Waals surface area (Å²) >= 11 is 5.76. The third-order valence-electron chi connectivity index (χ3n) is 2.76. The van der Waals surface area contributed by atoms with Crippen LogP contribution in [0.2, 0.25) is 5.02 Å². The lowest BCUT2D eigenvalue weighted by atomic mass is 9.95. The quantitative estimate of drug-likeness (QED) is 0.642. The van der Waals surface area contributed by atoms with Crippen molar-refractivity contribution in [2.24, 2.45) is 5.92 Å². The molecule has 2 rings (SSSR count). The monoisotopic (exact) mass is 261 g/mol. The largest absolute Gasteiger partial charge is 0.396 e. The Morgan fingerprint density at radius 3 is 2.82 bits per heavy atom. The number of aliphatic hydroxyl groups is 2. The molecule has 3 atom stereocenters. The summed E-state index contributed by atoms with van der Waals surface area (Å²) in [6, 6.07) is 0. The number of halogens is 1. The molecule has 0 aromatic carbocycles. The highest BCUT2D eigenvalue weighted by atomic mass is 35.5. The molecule has 0 radical (unpaired) electrons. The summed E-state index contributed by atoms with van der Waals surface area (Å²) < 4.78 is 6.43. The fourth-order valence-electron chi connectivity index (χ4n) is 1.77. The van der Waals surface area contributed by atoms with E-state index in [1.54, 1.807) is 0 Å². The van der Waals surface area contributed by atoms with Gasteiger partial charge in [0.2, 0.25) is 0 Å². The summed E-state index contributed by atoms with van der Waals surface area (Å²) in [5.41, 5.74) is 4.78. The van der Waals surface area contributed by atoms with Crippen molar-refractivity contribution >= 4 is 17.4 Å². The zero-order valence-electron chi connectivity index (χ0n) is 8.78. The summed E-state index contributed by atoms with van der Waals surface area (Å²) in [7, 11) is 0. The molecule has 4 N–H and O–H groups in total. The number of nitrogens with two attached hydrogens (primary N) is 1.